The van der Waals surface area contributed by atoms with Crippen LogP contribution in [0.5, 0.6) is 0 Å². The zero-order chi connectivity index (χ0) is 49.4. The maximum absolute atomic E-state index is 4.98. The lowest BCUT2D eigenvalue weighted by atomic mass is 9.78. The maximum Gasteiger partial charge on any atom is 0.163 e. The van der Waals surface area contributed by atoms with Gasteiger partial charge in [-0.1, -0.05) is 201 Å². The van der Waals surface area contributed by atoms with Crippen LogP contribution >= 0.6 is 0 Å². The Morgan fingerprint density at radius 2 is 1.01 bits per heavy atom. The molecule has 0 bridgehead atoms. The van der Waals surface area contributed by atoms with Crippen molar-refractivity contribution in [1.82, 2.24) is 19.5 Å². The highest BCUT2D eigenvalue weighted by Crippen LogP contribution is 2.42. The van der Waals surface area contributed by atoms with E-state index in [1.807, 2.05) is 48.6 Å². The largest absolute Gasteiger partial charge is 0.309 e. The summed E-state index contributed by atoms with van der Waals surface area (Å²) >= 11 is 0. The van der Waals surface area contributed by atoms with E-state index in [1.165, 1.54) is 77.1 Å². The van der Waals surface area contributed by atoms with Gasteiger partial charge in [0, 0.05) is 34.0 Å². The van der Waals surface area contributed by atoms with Crippen molar-refractivity contribution in [1.29, 1.82) is 0 Å². The molecule has 0 saturated heterocycles. The molecule has 2 aliphatic carbocycles. The first-order valence-electron chi connectivity index (χ1n) is 25.8. The Bertz CT molecular complexity index is 4110. The molecule has 74 heavy (non-hydrogen) atoms. The van der Waals surface area contributed by atoms with Gasteiger partial charge in [0.1, 0.15) is 5.82 Å². The predicted octanol–water partition coefficient (Wildman–Crippen LogP) is 17.7. The molecule has 13 rings (SSSR count). The van der Waals surface area contributed by atoms with Crippen molar-refractivity contribution in [2.24, 2.45) is 0 Å². The standard InChI is InChI=1S/C70H52N4/c1-2-3-4-5-9-33-68-71-69(48-19-7-6-8-20-48)73-70(72-68)56-26-18-21-49(44-56)47-34-38-57(39-35-47)74-66-32-15-14-31-63(66)65-46-55(37-41-67(65)74)53-25-17-23-51(43-53)50-22-16-24-52(42-50)54-36-40-62-60-29-11-10-27-58(60)59-28-12-13-30-61(59)64(62)45-54/h2-10,12-28,30-32,34-35,37-39,41-46H,1,11,29,33,36,40H2/b4-3-,9-5-. The maximum atomic E-state index is 4.98. The fourth-order valence-corrected chi connectivity index (χ4v) is 11.3. The molecule has 0 radical (unpaired) electrons. The second-order valence-corrected chi connectivity index (χ2v) is 19.3. The fraction of sp³-hybridized carbons (Fsp3) is 0.0714. The van der Waals surface area contributed by atoms with Crippen LogP contribution in [0.1, 0.15) is 46.5 Å². The summed E-state index contributed by atoms with van der Waals surface area (Å²) in [5, 5.41) is 5.20. The zero-order valence-corrected chi connectivity index (χ0v) is 41.1. The molecule has 0 saturated carbocycles. The Morgan fingerprint density at radius 1 is 0.432 bits per heavy atom. The second kappa shape index (κ2) is 19.4. The molecular weight excluding hydrogens is 897 g/mol. The molecule has 0 unspecified atom stereocenters. The molecule has 2 aliphatic rings. The van der Waals surface area contributed by atoms with Crippen molar-refractivity contribution in [3.8, 4) is 61.8 Å². The van der Waals surface area contributed by atoms with Crippen molar-refractivity contribution in [3.05, 3.63) is 271 Å². The van der Waals surface area contributed by atoms with E-state index in [2.05, 4.69) is 199 Å². The Balaban J connectivity index is 0.796. The van der Waals surface area contributed by atoms with E-state index in [-0.39, 0.29) is 0 Å². The van der Waals surface area contributed by atoms with Crippen molar-refractivity contribution >= 4 is 50.3 Å². The highest BCUT2D eigenvalue weighted by molar-refractivity contribution is 6.10. The van der Waals surface area contributed by atoms with Gasteiger partial charge in [-0.25, -0.2) is 15.0 Å². The first kappa shape index (κ1) is 44.7. The molecule has 4 heteroatoms. The van der Waals surface area contributed by atoms with Gasteiger partial charge in [0.05, 0.1) is 11.0 Å². The van der Waals surface area contributed by atoms with Gasteiger partial charge in [0.2, 0.25) is 0 Å². The van der Waals surface area contributed by atoms with Gasteiger partial charge in [-0.05, 0) is 152 Å². The van der Waals surface area contributed by atoms with Crippen LogP contribution in [-0.2, 0) is 19.3 Å². The summed E-state index contributed by atoms with van der Waals surface area (Å²) in [7, 11) is 0. The third-order valence-electron chi connectivity index (χ3n) is 14.9. The molecule has 11 aromatic rings. The number of para-hydroxylation sites is 1. The molecule has 0 atom stereocenters. The van der Waals surface area contributed by atoms with E-state index in [0.717, 1.165) is 53.6 Å². The summed E-state index contributed by atoms with van der Waals surface area (Å²) in [4.78, 5) is 14.8. The number of aromatic nitrogens is 4. The Hall–Kier alpha value is -9.25. The average Bonchev–Trinajstić information content (AvgIpc) is 3.81. The molecule has 0 amide bonds. The summed E-state index contributed by atoms with van der Waals surface area (Å²) in [6.45, 7) is 3.76. The van der Waals surface area contributed by atoms with Crippen molar-refractivity contribution < 1.29 is 0 Å². The van der Waals surface area contributed by atoms with Crippen molar-refractivity contribution in [3.63, 3.8) is 0 Å². The van der Waals surface area contributed by atoms with Gasteiger partial charge in [0.25, 0.3) is 0 Å². The lowest BCUT2D eigenvalue weighted by molar-refractivity contribution is 0.918. The molecule has 0 spiro atoms. The van der Waals surface area contributed by atoms with Gasteiger partial charge in [-0.3, -0.25) is 0 Å². The van der Waals surface area contributed by atoms with Gasteiger partial charge >= 0.3 is 0 Å². The topological polar surface area (TPSA) is 43.6 Å². The molecule has 2 heterocycles. The van der Waals surface area contributed by atoms with Gasteiger partial charge < -0.3 is 4.57 Å². The molecular formula is C70H52N4. The number of rotatable bonds is 11. The fourth-order valence-electron chi connectivity index (χ4n) is 11.3. The number of allylic oxidation sites excluding steroid dienone is 7. The summed E-state index contributed by atoms with van der Waals surface area (Å²) in [6, 6.07) is 70.4. The Morgan fingerprint density at radius 3 is 1.78 bits per heavy atom. The molecule has 9 aromatic carbocycles. The van der Waals surface area contributed by atoms with E-state index >= 15 is 0 Å². The number of fused-ring (bicyclic) bond motifs is 9. The Labute approximate surface area is 432 Å². The highest BCUT2D eigenvalue weighted by atomic mass is 15.0. The highest BCUT2D eigenvalue weighted by Gasteiger charge is 2.23. The van der Waals surface area contributed by atoms with Crippen LogP contribution in [0.3, 0.4) is 0 Å². The second-order valence-electron chi connectivity index (χ2n) is 19.3. The summed E-state index contributed by atoms with van der Waals surface area (Å²) < 4.78 is 2.39. The first-order valence-corrected chi connectivity index (χ1v) is 25.8. The van der Waals surface area contributed by atoms with Crippen LogP contribution in [0.4, 0.5) is 0 Å². The molecule has 4 nitrogen and oxygen atoms in total. The smallest absolute Gasteiger partial charge is 0.163 e. The molecule has 0 fully saturated rings. The van der Waals surface area contributed by atoms with E-state index in [1.54, 1.807) is 17.2 Å². The normalized spacial score (nSPS) is 13.2. The van der Waals surface area contributed by atoms with Crippen LogP contribution in [0.15, 0.2) is 237 Å². The number of benzene rings is 9. The summed E-state index contributed by atoms with van der Waals surface area (Å²) in [5.41, 5.74) is 21.1. The quantitative estimate of drug-likeness (QED) is 0.121. The van der Waals surface area contributed by atoms with E-state index < -0.39 is 0 Å². The number of hydrogen-bond acceptors (Lipinski definition) is 3. The molecule has 0 N–H and O–H groups in total. The molecule has 352 valence electrons. The number of nitrogens with zero attached hydrogens (tertiary/aromatic N) is 4. The minimum atomic E-state index is 0.581. The van der Waals surface area contributed by atoms with Gasteiger partial charge in [-0.15, -0.1) is 0 Å². The number of hydrogen-bond donors (Lipinski definition) is 0. The predicted molar refractivity (Wildman–Crippen MR) is 311 cm³/mol. The van der Waals surface area contributed by atoms with Gasteiger partial charge in [0.15, 0.2) is 11.6 Å². The third kappa shape index (κ3) is 8.40. The SMILES string of the molecule is C=C/C=C\C=C/Cc1nc(-c2ccccc2)nc(-c2cccc(-c3ccc(-n4c5ccccc5c5cc(-c6cccc(-c7cccc(C8=Cc9c(c%10c(c%11ccccc9%11)C=CCC%10)CC8)c7)c6)ccc54)cc3)c2)n1. The Kier molecular flexibility index (Phi) is 11.7. The van der Waals surface area contributed by atoms with E-state index in [0.29, 0.717) is 23.9 Å². The molecule has 0 aliphatic heterocycles. The van der Waals surface area contributed by atoms with Crippen LogP contribution in [-0.4, -0.2) is 19.5 Å². The minimum Gasteiger partial charge on any atom is -0.309 e. The summed E-state index contributed by atoms with van der Waals surface area (Å²) in [5.74, 6) is 2.02. The van der Waals surface area contributed by atoms with E-state index in [4.69, 9.17) is 15.0 Å². The minimum absolute atomic E-state index is 0.581. The third-order valence-corrected chi connectivity index (χ3v) is 14.9. The van der Waals surface area contributed by atoms with Crippen LogP contribution in [0, 0.1) is 0 Å². The monoisotopic (exact) mass is 948 g/mol. The summed E-state index contributed by atoms with van der Waals surface area (Å²) in [6.07, 6.45) is 21.8. The zero-order valence-electron chi connectivity index (χ0n) is 41.1. The van der Waals surface area contributed by atoms with Gasteiger partial charge in [-0.2, -0.15) is 0 Å². The van der Waals surface area contributed by atoms with Crippen LogP contribution < -0.4 is 0 Å². The van der Waals surface area contributed by atoms with Crippen LogP contribution in [0.25, 0.3) is 112 Å². The van der Waals surface area contributed by atoms with E-state index in [9.17, 15) is 0 Å². The lowest BCUT2D eigenvalue weighted by Crippen LogP contribution is -2.08. The lowest BCUT2D eigenvalue weighted by Gasteiger charge is -2.26. The first-order chi connectivity index (χ1) is 36.6. The average molecular weight is 949 g/mol. The van der Waals surface area contributed by atoms with Crippen molar-refractivity contribution in [2.45, 2.75) is 32.1 Å². The molecule has 2 aromatic heterocycles. The van der Waals surface area contributed by atoms with Crippen LogP contribution in [0.2, 0.25) is 0 Å². The van der Waals surface area contributed by atoms with Crippen molar-refractivity contribution in [2.75, 3.05) is 0 Å².